The van der Waals surface area contributed by atoms with E-state index in [1.807, 2.05) is 12.5 Å². The number of ether oxygens (including phenoxy) is 1. The highest BCUT2D eigenvalue weighted by Gasteiger charge is 2.20. The zero-order valence-corrected chi connectivity index (χ0v) is 12.3. The molecule has 2 rings (SSSR count). The number of nitrogens with zero attached hydrogens (tertiary/aromatic N) is 2. The lowest BCUT2D eigenvalue weighted by Gasteiger charge is -2.25. The van der Waals surface area contributed by atoms with Gasteiger partial charge in [0, 0.05) is 19.6 Å². The maximum atomic E-state index is 5.84. The summed E-state index contributed by atoms with van der Waals surface area (Å²) < 4.78 is 8.13. The Balaban J connectivity index is 1.97. The van der Waals surface area contributed by atoms with E-state index in [1.165, 1.54) is 31.4 Å². The summed E-state index contributed by atoms with van der Waals surface area (Å²) in [6.45, 7) is 8.28. The topological polar surface area (TPSA) is 39.1 Å². The maximum absolute atomic E-state index is 5.84. The van der Waals surface area contributed by atoms with Crippen molar-refractivity contribution in [3.63, 3.8) is 0 Å². The van der Waals surface area contributed by atoms with Gasteiger partial charge >= 0.3 is 0 Å². The van der Waals surface area contributed by atoms with Gasteiger partial charge in [-0.15, -0.1) is 0 Å². The molecular formula is C15H27N3O. The Morgan fingerprint density at radius 1 is 1.53 bits per heavy atom. The molecule has 108 valence electrons. The summed E-state index contributed by atoms with van der Waals surface area (Å²) >= 11 is 0. The highest BCUT2D eigenvalue weighted by molar-refractivity contribution is 5.05. The fourth-order valence-electron chi connectivity index (χ4n) is 2.70. The third-order valence-electron chi connectivity index (χ3n) is 4.00. The standard InChI is InChI=1S/C15H27N3O/c1-3-5-6-13(4-2)11-18-12-17-9-14(18)15-10-16-7-8-19-15/h9,12-13,15-16H,3-8,10-11H2,1-2H3. The van der Waals surface area contributed by atoms with Gasteiger partial charge in [-0.25, -0.2) is 4.98 Å². The normalized spacial score (nSPS) is 21.5. The molecule has 1 aromatic rings. The fraction of sp³-hybridized carbons (Fsp3) is 0.800. The first-order chi connectivity index (χ1) is 9.35. The average molecular weight is 265 g/mol. The van der Waals surface area contributed by atoms with Gasteiger partial charge in [0.1, 0.15) is 6.10 Å². The van der Waals surface area contributed by atoms with Crippen molar-refractivity contribution >= 4 is 0 Å². The van der Waals surface area contributed by atoms with Crippen molar-refractivity contribution in [3.05, 3.63) is 18.2 Å². The summed E-state index contributed by atoms with van der Waals surface area (Å²) in [5, 5.41) is 3.39. The van der Waals surface area contributed by atoms with Crippen LogP contribution in [0.5, 0.6) is 0 Å². The second kappa shape index (κ2) is 7.65. The molecule has 2 unspecified atom stereocenters. The lowest BCUT2D eigenvalue weighted by atomic mass is 9.99. The molecule has 2 atom stereocenters. The van der Waals surface area contributed by atoms with Gasteiger partial charge in [-0.2, -0.15) is 0 Å². The summed E-state index contributed by atoms with van der Waals surface area (Å²) in [6, 6.07) is 0. The largest absolute Gasteiger partial charge is 0.369 e. The van der Waals surface area contributed by atoms with Crippen molar-refractivity contribution in [2.24, 2.45) is 5.92 Å². The minimum absolute atomic E-state index is 0.167. The highest BCUT2D eigenvalue weighted by Crippen LogP contribution is 2.22. The van der Waals surface area contributed by atoms with Crippen LogP contribution in [0.4, 0.5) is 0 Å². The SMILES string of the molecule is CCCCC(CC)Cn1cncc1C1CNCCO1. The molecule has 4 nitrogen and oxygen atoms in total. The molecule has 0 spiro atoms. The summed E-state index contributed by atoms with van der Waals surface area (Å²) in [5.74, 6) is 0.754. The average Bonchev–Trinajstić information content (AvgIpc) is 2.92. The molecule has 4 heteroatoms. The van der Waals surface area contributed by atoms with E-state index in [0.29, 0.717) is 0 Å². The predicted octanol–water partition coefficient (Wildman–Crippen LogP) is 2.76. The number of hydrogen-bond acceptors (Lipinski definition) is 3. The Hall–Kier alpha value is -0.870. The van der Waals surface area contributed by atoms with Crippen molar-refractivity contribution in [3.8, 4) is 0 Å². The monoisotopic (exact) mass is 265 g/mol. The molecule has 1 fully saturated rings. The van der Waals surface area contributed by atoms with E-state index in [1.54, 1.807) is 0 Å². The van der Waals surface area contributed by atoms with E-state index < -0.39 is 0 Å². The van der Waals surface area contributed by atoms with Crippen LogP contribution in [0.15, 0.2) is 12.5 Å². The first-order valence-corrected chi connectivity index (χ1v) is 7.67. The van der Waals surface area contributed by atoms with Crippen molar-refractivity contribution < 1.29 is 4.74 Å². The van der Waals surface area contributed by atoms with Crippen LogP contribution in [-0.4, -0.2) is 29.2 Å². The van der Waals surface area contributed by atoms with Crippen molar-refractivity contribution in [1.29, 1.82) is 0 Å². The van der Waals surface area contributed by atoms with E-state index in [4.69, 9.17) is 4.74 Å². The number of unbranched alkanes of at least 4 members (excludes halogenated alkanes) is 1. The minimum Gasteiger partial charge on any atom is -0.369 e. The molecule has 0 amide bonds. The highest BCUT2D eigenvalue weighted by atomic mass is 16.5. The summed E-state index contributed by atoms with van der Waals surface area (Å²) in [7, 11) is 0. The fourth-order valence-corrected chi connectivity index (χ4v) is 2.70. The van der Waals surface area contributed by atoms with Gasteiger partial charge in [0.25, 0.3) is 0 Å². The lowest BCUT2D eigenvalue weighted by Crippen LogP contribution is -2.34. The number of morpholine rings is 1. The van der Waals surface area contributed by atoms with E-state index in [0.717, 1.165) is 32.2 Å². The van der Waals surface area contributed by atoms with E-state index >= 15 is 0 Å². The zero-order valence-electron chi connectivity index (χ0n) is 12.3. The molecular weight excluding hydrogens is 238 g/mol. The van der Waals surface area contributed by atoms with Crippen LogP contribution < -0.4 is 5.32 Å². The molecule has 0 saturated carbocycles. The van der Waals surface area contributed by atoms with Crippen LogP contribution in [0.2, 0.25) is 0 Å². The van der Waals surface area contributed by atoms with Crippen molar-refractivity contribution in [1.82, 2.24) is 14.9 Å². The van der Waals surface area contributed by atoms with Gasteiger partial charge in [0.15, 0.2) is 0 Å². The van der Waals surface area contributed by atoms with Gasteiger partial charge in [-0.3, -0.25) is 0 Å². The Bertz CT molecular complexity index is 358. The Morgan fingerprint density at radius 3 is 3.11 bits per heavy atom. The summed E-state index contributed by atoms with van der Waals surface area (Å²) in [4.78, 5) is 4.32. The molecule has 2 heterocycles. The minimum atomic E-state index is 0.167. The van der Waals surface area contributed by atoms with Crippen LogP contribution in [0.1, 0.15) is 51.3 Å². The van der Waals surface area contributed by atoms with Crippen molar-refractivity contribution in [2.45, 2.75) is 52.2 Å². The van der Waals surface area contributed by atoms with Crippen LogP contribution in [0.25, 0.3) is 0 Å². The second-order valence-electron chi connectivity index (χ2n) is 5.45. The molecule has 1 aliphatic heterocycles. The molecule has 1 saturated heterocycles. The number of nitrogens with one attached hydrogen (secondary N) is 1. The molecule has 1 aliphatic rings. The summed E-state index contributed by atoms with van der Waals surface area (Å²) in [6.07, 6.45) is 9.24. The molecule has 19 heavy (non-hydrogen) atoms. The van der Waals surface area contributed by atoms with Gasteiger partial charge in [-0.1, -0.05) is 33.1 Å². The lowest BCUT2D eigenvalue weighted by molar-refractivity contribution is 0.0223. The molecule has 0 radical (unpaired) electrons. The first kappa shape index (κ1) is 14.5. The van der Waals surface area contributed by atoms with Gasteiger partial charge < -0.3 is 14.6 Å². The van der Waals surface area contributed by atoms with Crippen molar-refractivity contribution in [2.75, 3.05) is 19.7 Å². The predicted molar refractivity (Wildman–Crippen MR) is 77.1 cm³/mol. The van der Waals surface area contributed by atoms with Crippen LogP contribution in [0.3, 0.4) is 0 Å². The quantitative estimate of drug-likeness (QED) is 0.824. The Kier molecular flexibility index (Phi) is 5.86. The number of imidazole rings is 1. The van der Waals surface area contributed by atoms with E-state index in [9.17, 15) is 0 Å². The second-order valence-corrected chi connectivity index (χ2v) is 5.45. The van der Waals surface area contributed by atoms with Crippen LogP contribution in [-0.2, 0) is 11.3 Å². The van der Waals surface area contributed by atoms with Gasteiger partial charge in [-0.05, 0) is 12.3 Å². The number of rotatable bonds is 7. The molecule has 1 aromatic heterocycles. The third kappa shape index (κ3) is 4.05. The van der Waals surface area contributed by atoms with E-state index in [-0.39, 0.29) is 6.10 Å². The molecule has 0 aliphatic carbocycles. The maximum Gasteiger partial charge on any atom is 0.111 e. The van der Waals surface area contributed by atoms with Crippen LogP contribution >= 0.6 is 0 Å². The van der Waals surface area contributed by atoms with E-state index in [2.05, 4.69) is 28.7 Å². The zero-order chi connectivity index (χ0) is 13.5. The number of hydrogen-bond donors (Lipinski definition) is 1. The van der Waals surface area contributed by atoms with Gasteiger partial charge in [0.2, 0.25) is 0 Å². The summed E-state index contributed by atoms with van der Waals surface area (Å²) in [5.41, 5.74) is 1.22. The molecule has 1 N–H and O–H groups in total. The third-order valence-corrected chi connectivity index (χ3v) is 4.00. The van der Waals surface area contributed by atoms with Crippen LogP contribution in [0, 0.1) is 5.92 Å². The van der Waals surface area contributed by atoms with Gasteiger partial charge in [0.05, 0.1) is 24.8 Å². The first-order valence-electron chi connectivity index (χ1n) is 7.67. The number of aromatic nitrogens is 2. The molecule has 0 bridgehead atoms. The smallest absolute Gasteiger partial charge is 0.111 e. The Morgan fingerprint density at radius 2 is 2.42 bits per heavy atom. The molecule has 0 aromatic carbocycles. The Labute approximate surface area is 116 Å².